The molecule has 0 aliphatic carbocycles. The van der Waals surface area contributed by atoms with Crippen molar-refractivity contribution in [2.75, 3.05) is 0 Å². The van der Waals surface area contributed by atoms with E-state index in [4.69, 9.17) is 0 Å². The Morgan fingerprint density at radius 3 is 2.64 bits per heavy atom. The van der Waals surface area contributed by atoms with E-state index in [0.717, 1.165) is 16.6 Å². The number of carboxylic acids is 1. The number of benzene rings is 1. The van der Waals surface area contributed by atoms with Crippen LogP contribution in [0.1, 0.15) is 21.5 Å². The second-order valence-corrected chi connectivity index (χ2v) is 5.45. The van der Waals surface area contributed by atoms with E-state index in [1.54, 1.807) is 29.1 Å². The van der Waals surface area contributed by atoms with Gasteiger partial charge in [0.1, 0.15) is 5.65 Å². The lowest BCUT2D eigenvalue weighted by Gasteiger charge is -2.10. The first kappa shape index (κ1) is 14.8. The summed E-state index contributed by atoms with van der Waals surface area (Å²) in [4.78, 5) is 18.9. The fourth-order valence-electron chi connectivity index (χ4n) is 2.77. The van der Waals surface area contributed by atoms with Crippen LogP contribution in [0.15, 0.2) is 67.3 Å². The maximum atomic E-state index is 11.6. The smallest absolute Gasteiger partial charge is 0.337 e. The number of carbonyl (C=O) groups is 1. The van der Waals surface area contributed by atoms with Crippen molar-refractivity contribution in [3.05, 3.63) is 83.9 Å². The molecule has 5 heteroatoms. The lowest BCUT2D eigenvalue weighted by atomic mass is 10.1. The average molecular weight is 327 g/mol. The molecule has 0 atom stereocenters. The number of para-hydroxylation sites is 1. The van der Waals surface area contributed by atoms with Crippen LogP contribution in [0.2, 0.25) is 0 Å². The number of carboxylic acid groups (broad SMARTS) is 1. The first-order valence-electron chi connectivity index (χ1n) is 7.68. The van der Waals surface area contributed by atoms with Gasteiger partial charge in [-0.15, -0.1) is 0 Å². The van der Waals surface area contributed by atoms with Crippen molar-refractivity contribution in [1.82, 2.24) is 14.5 Å². The number of pyridine rings is 1. The van der Waals surface area contributed by atoms with Gasteiger partial charge in [-0.05, 0) is 36.4 Å². The van der Waals surface area contributed by atoms with Crippen LogP contribution in [0.3, 0.4) is 0 Å². The van der Waals surface area contributed by atoms with E-state index < -0.39 is 5.97 Å². The lowest BCUT2D eigenvalue weighted by molar-refractivity contribution is 0.0697. The fraction of sp³-hybridized carbons (Fsp3) is 0. The minimum Gasteiger partial charge on any atom is -0.478 e. The van der Waals surface area contributed by atoms with E-state index in [2.05, 4.69) is 21.8 Å². The minimum atomic E-state index is -0.983. The quantitative estimate of drug-likeness (QED) is 0.554. The highest BCUT2D eigenvalue weighted by Gasteiger charge is 2.14. The Balaban J connectivity index is 1.87. The van der Waals surface area contributed by atoms with E-state index in [1.165, 1.54) is 0 Å². The van der Waals surface area contributed by atoms with E-state index in [0.29, 0.717) is 11.3 Å². The molecule has 4 rings (SSSR count). The summed E-state index contributed by atoms with van der Waals surface area (Å²) in [6.07, 6.45) is 7.14. The van der Waals surface area contributed by atoms with Gasteiger partial charge in [-0.1, -0.05) is 17.9 Å². The second-order valence-electron chi connectivity index (χ2n) is 5.45. The number of hydrogen-bond acceptors (Lipinski definition) is 2. The third kappa shape index (κ3) is 2.66. The van der Waals surface area contributed by atoms with Crippen LogP contribution in [-0.4, -0.2) is 25.6 Å². The predicted octanol–water partition coefficient (Wildman–Crippen LogP) is 3.45. The third-order valence-corrected chi connectivity index (χ3v) is 3.91. The van der Waals surface area contributed by atoms with Crippen molar-refractivity contribution in [3.63, 3.8) is 0 Å². The molecule has 5 nitrogen and oxygen atoms in total. The Labute approximate surface area is 143 Å². The molecule has 0 saturated carbocycles. The Morgan fingerprint density at radius 1 is 1.04 bits per heavy atom. The van der Waals surface area contributed by atoms with E-state index in [9.17, 15) is 9.90 Å². The van der Waals surface area contributed by atoms with Gasteiger partial charge in [0.15, 0.2) is 0 Å². The van der Waals surface area contributed by atoms with Gasteiger partial charge in [0.2, 0.25) is 0 Å². The Bertz CT molecular complexity index is 1130. The fourth-order valence-corrected chi connectivity index (χ4v) is 2.77. The molecule has 0 spiro atoms. The van der Waals surface area contributed by atoms with Crippen LogP contribution >= 0.6 is 0 Å². The first-order chi connectivity index (χ1) is 12.2. The second kappa shape index (κ2) is 6.02. The highest BCUT2D eigenvalue weighted by atomic mass is 16.4. The van der Waals surface area contributed by atoms with Crippen LogP contribution in [0.4, 0.5) is 0 Å². The maximum Gasteiger partial charge on any atom is 0.337 e. The van der Waals surface area contributed by atoms with Crippen molar-refractivity contribution in [1.29, 1.82) is 0 Å². The summed E-state index contributed by atoms with van der Waals surface area (Å²) >= 11 is 0. The summed E-state index contributed by atoms with van der Waals surface area (Å²) in [5.74, 6) is 5.25. The summed E-state index contributed by atoms with van der Waals surface area (Å²) in [6.45, 7) is 0. The monoisotopic (exact) mass is 327 g/mol. The molecule has 0 fully saturated rings. The molecule has 3 aromatic heterocycles. The number of H-pyrrole nitrogens is 1. The largest absolute Gasteiger partial charge is 0.478 e. The number of rotatable bonds is 2. The van der Waals surface area contributed by atoms with Crippen molar-refractivity contribution < 1.29 is 9.90 Å². The summed E-state index contributed by atoms with van der Waals surface area (Å²) in [7, 11) is 0. The summed E-state index contributed by atoms with van der Waals surface area (Å²) in [6, 6.07) is 12.6. The van der Waals surface area contributed by atoms with Crippen molar-refractivity contribution in [2.24, 2.45) is 0 Å². The van der Waals surface area contributed by atoms with Crippen molar-refractivity contribution in [3.8, 4) is 17.5 Å². The predicted molar refractivity (Wildman–Crippen MR) is 94.8 cm³/mol. The van der Waals surface area contributed by atoms with Crippen molar-refractivity contribution >= 4 is 17.0 Å². The molecular weight excluding hydrogens is 314 g/mol. The standard InChI is InChI=1S/C20H13N3O2/c24-20(25)17-6-3-5-14(18(17)23-11-1-2-12-23)8-9-15-13-22-19-16(15)7-4-10-21-19/h1-7,10-13H,(H,21,22)(H,24,25). The molecule has 3 heterocycles. The zero-order valence-electron chi connectivity index (χ0n) is 13.1. The van der Waals surface area contributed by atoms with Gasteiger partial charge < -0.3 is 14.7 Å². The zero-order chi connectivity index (χ0) is 17.2. The van der Waals surface area contributed by atoms with Crippen molar-refractivity contribution in [2.45, 2.75) is 0 Å². The summed E-state index contributed by atoms with van der Waals surface area (Å²) in [5.41, 5.74) is 3.02. The SMILES string of the molecule is O=C(O)c1cccc(C#Cc2c[nH]c3ncccc23)c1-n1cccc1. The molecule has 0 radical (unpaired) electrons. The number of aromatic carboxylic acids is 1. The van der Waals surface area contributed by atoms with Gasteiger partial charge in [0, 0.05) is 35.7 Å². The topological polar surface area (TPSA) is 70.9 Å². The maximum absolute atomic E-state index is 11.6. The Kier molecular flexibility index (Phi) is 3.56. The minimum absolute atomic E-state index is 0.212. The zero-order valence-corrected chi connectivity index (χ0v) is 13.1. The lowest BCUT2D eigenvalue weighted by Crippen LogP contribution is -2.06. The molecule has 4 aromatic rings. The average Bonchev–Trinajstić information content (AvgIpc) is 3.29. The molecule has 120 valence electrons. The van der Waals surface area contributed by atoms with Gasteiger partial charge in [-0.3, -0.25) is 0 Å². The summed E-state index contributed by atoms with van der Waals surface area (Å²) in [5, 5.41) is 10.4. The molecule has 0 aliphatic heterocycles. The molecule has 0 bridgehead atoms. The van der Waals surface area contributed by atoms with Gasteiger partial charge in [0.25, 0.3) is 0 Å². The molecule has 0 aliphatic rings. The molecule has 0 amide bonds. The highest BCUT2D eigenvalue weighted by Crippen LogP contribution is 2.21. The summed E-state index contributed by atoms with van der Waals surface area (Å²) < 4.78 is 1.77. The number of fused-ring (bicyclic) bond motifs is 1. The molecule has 2 N–H and O–H groups in total. The third-order valence-electron chi connectivity index (χ3n) is 3.91. The van der Waals surface area contributed by atoms with Crippen LogP contribution in [0, 0.1) is 11.8 Å². The van der Waals surface area contributed by atoms with Crippen LogP contribution < -0.4 is 0 Å². The van der Waals surface area contributed by atoms with Crippen LogP contribution in [-0.2, 0) is 0 Å². The van der Waals surface area contributed by atoms with Gasteiger partial charge in [-0.2, -0.15) is 0 Å². The van der Waals surface area contributed by atoms with E-state index in [1.807, 2.05) is 42.7 Å². The number of nitrogens with one attached hydrogen (secondary N) is 1. The Hall–Kier alpha value is -3.78. The first-order valence-corrected chi connectivity index (χ1v) is 7.68. The molecular formula is C20H13N3O2. The Morgan fingerprint density at radius 2 is 1.84 bits per heavy atom. The van der Waals surface area contributed by atoms with Crippen LogP contribution in [0.25, 0.3) is 16.7 Å². The molecule has 0 saturated heterocycles. The van der Waals surface area contributed by atoms with Gasteiger partial charge in [-0.25, -0.2) is 9.78 Å². The van der Waals surface area contributed by atoms with Crippen LogP contribution in [0.5, 0.6) is 0 Å². The van der Waals surface area contributed by atoms with Gasteiger partial charge >= 0.3 is 5.97 Å². The number of aromatic nitrogens is 3. The number of hydrogen-bond donors (Lipinski definition) is 2. The normalized spacial score (nSPS) is 10.4. The number of nitrogens with zero attached hydrogens (tertiary/aromatic N) is 2. The number of aromatic amines is 1. The van der Waals surface area contributed by atoms with Gasteiger partial charge in [0.05, 0.1) is 16.8 Å². The van der Waals surface area contributed by atoms with E-state index in [-0.39, 0.29) is 5.56 Å². The molecule has 1 aromatic carbocycles. The molecule has 25 heavy (non-hydrogen) atoms. The molecule has 0 unspecified atom stereocenters. The highest BCUT2D eigenvalue weighted by molar-refractivity contribution is 5.93. The van der Waals surface area contributed by atoms with E-state index >= 15 is 0 Å².